The maximum Gasteiger partial charge on any atom is 0.157 e. The molecule has 0 unspecified atom stereocenters. The predicted octanol–water partition coefficient (Wildman–Crippen LogP) is 3.09. The number of ether oxygens (including phenoxy) is 2. The van der Waals surface area contributed by atoms with Crippen molar-refractivity contribution in [2.75, 3.05) is 13.2 Å². The fraction of sp³-hybridized carbons (Fsp3) is 0.800. The molecular weight excluding hydrogens is 228 g/mol. The van der Waals surface area contributed by atoms with E-state index in [0.717, 1.165) is 50.8 Å². The predicted molar refractivity (Wildman–Crippen MR) is 70.2 cm³/mol. The van der Waals surface area contributed by atoms with Gasteiger partial charge in [0.15, 0.2) is 6.29 Å². The lowest BCUT2D eigenvalue weighted by atomic mass is 9.67. The van der Waals surface area contributed by atoms with Crippen molar-refractivity contribution in [1.29, 1.82) is 0 Å². The Labute approximate surface area is 110 Å². The van der Waals surface area contributed by atoms with Crippen molar-refractivity contribution in [3.05, 3.63) is 11.6 Å². The van der Waals surface area contributed by atoms with Crippen molar-refractivity contribution < 1.29 is 14.3 Å². The summed E-state index contributed by atoms with van der Waals surface area (Å²) in [6.45, 7) is 5.99. The minimum atomic E-state index is -0.0136. The maximum atomic E-state index is 11.2. The molecule has 1 atom stereocenters. The van der Waals surface area contributed by atoms with Crippen LogP contribution in [-0.2, 0) is 14.3 Å². The average molecular weight is 252 g/mol. The van der Waals surface area contributed by atoms with Crippen molar-refractivity contribution in [3.8, 4) is 0 Å². The second-order valence-electron chi connectivity index (χ2n) is 6.00. The van der Waals surface area contributed by atoms with E-state index in [0.29, 0.717) is 5.92 Å². The number of aldehydes is 1. The van der Waals surface area contributed by atoms with E-state index in [9.17, 15) is 4.79 Å². The minimum absolute atomic E-state index is 0.0136. The second-order valence-corrected chi connectivity index (χ2v) is 6.00. The first kappa shape index (κ1) is 13.8. The molecule has 1 fully saturated rings. The number of allylic oxidation sites excluding steroid dienone is 2. The summed E-state index contributed by atoms with van der Waals surface area (Å²) in [7, 11) is 0. The van der Waals surface area contributed by atoms with E-state index in [1.165, 1.54) is 6.42 Å². The molecule has 0 N–H and O–H groups in total. The third kappa shape index (κ3) is 3.21. The van der Waals surface area contributed by atoms with Crippen LogP contribution in [0, 0.1) is 11.3 Å². The molecule has 0 bridgehead atoms. The molecule has 0 aromatic heterocycles. The molecule has 0 spiro atoms. The van der Waals surface area contributed by atoms with Crippen molar-refractivity contribution in [1.82, 2.24) is 0 Å². The summed E-state index contributed by atoms with van der Waals surface area (Å²) in [6, 6.07) is 0. The van der Waals surface area contributed by atoms with E-state index in [1.54, 1.807) is 0 Å². The largest absolute Gasteiger partial charge is 0.350 e. The Morgan fingerprint density at radius 1 is 1.33 bits per heavy atom. The molecule has 1 saturated heterocycles. The molecule has 2 rings (SSSR count). The first-order valence-corrected chi connectivity index (χ1v) is 7.02. The Kier molecular flexibility index (Phi) is 4.57. The number of hydrogen-bond acceptors (Lipinski definition) is 3. The van der Waals surface area contributed by atoms with Crippen LogP contribution in [0.25, 0.3) is 0 Å². The number of carbonyl (C=O) groups is 1. The Morgan fingerprint density at radius 3 is 2.72 bits per heavy atom. The van der Waals surface area contributed by atoms with E-state index in [4.69, 9.17) is 9.47 Å². The SMILES string of the molecule is CC1(C)CCC=C(C=O)[C@@H]1CCCC1OCCO1. The zero-order chi connectivity index (χ0) is 13.0. The van der Waals surface area contributed by atoms with Crippen LogP contribution < -0.4 is 0 Å². The first-order valence-electron chi connectivity index (χ1n) is 7.02. The highest BCUT2D eigenvalue weighted by Crippen LogP contribution is 2.43. The summed E-state index contributed by atoms with van der Waals surface area (Å²) < 4.78 is 10.9. The van der Waals surface area contributed by atoms with Crippen molar-refractivity contribution >= 4 is 6.29 Å². The van der Waals surface area contributed by atoms with Gasteiger partial charge in [0.1, 0.15) is 6.29 Å². The van der Waals surface area contributed by atoms with Gasteiger partial charge in [-0.1, -0.05) is 19.9 Å². The third-order valence-electron chi connectivity index (χ3n) is 4.27. The van der Waals surface area contributed by atoms with Gasteiger partial charge in [0.25, 0.3) is 0 Å². The Hall–Kier alpha value is -0.670. The fourth-order valence-corrected chi connectivity index (χ4v) is 3.13. The van der Waals surface area contributed by atoms with Crippen molar-refractivity contribution in [2.24, 2.45) is 11.3 Å². The van der Waals surface area contributed by atoms with Gasteiger partial charge in [0.05, 0.1) is 13.2 Å². The molecule has 1 heterocycles. The van der Waals surface area contributed by atoms with Gasteiger partial charge in [0.2, 0.25) is 0 Å². The Bertz CT molecular complexity index is 314. The standard InChI is InChI=1S/C15H24O3/c1-15(2)8-4-5-12(11-16)13(15)6-3-7-14-17-9-10-18-14/h5,11,13-14H,3-4,6-10H2,1-2H3/t13-/m0/s1. The highest BCUT2D eigenvalue weighted by Gasteiger charge is 2.34. The topological polar surface area (TPSA) is 35.5 Å². The van der Waals surface area contributed by atoms with E-state index in [2.05, 4.69) is 19.9 Å². The van der Waals surface area contributed by atoms with Crippen LogP contribution in [-0.4, -0.2) is 25.8 Å². The molecule has 2 aliphatic rings. The third-order valence-corrected chi connectivity index (χ3v) is 4.27. The van der Waals surface area contributed by atoms with Gasteiger partial charge in [-0.2, -0.15) is 0 Å². The normalized spacial score (nSPS) is 28.1. The van der Waals surface area contributed by atoms with Crippen LogP contribution in [0.3, 0.4) is 0 Å². The van der Waals surface area contributed by atoms with Gasteiger partial charge in [-0.25, -0.2) is 0 Å². The summed E-state index contributed by atoms with van der Waals surface area (Å²) in [6.07, 6.45) is 8.42. The summed E-state index contributed by atoms with van der Waals surface area (Å²) in [5.74, 6) is 0.394. The number of hydrogen-bond donors (Lipinski definition) is 0. The van der Waals surface area contributed by atoms with Crippen molar-refractivity contribution in [3.63, 3.8) is 0 Å². The Balaban J connectivity index is 1.86. The average Bonchev–Trinajstić information content (AvgIpc) is 2.83. The van der Waals surface area contributed by atoms with Crippen LogP contribution in [0.2, 0.25) is 0 Å². The molecule has 0 radical (unpaired) electrons. The summed E-state index contributed by atoms with van der Waals surface area (Å²) in [5, 5.41) is 0. The summed E-state index contributed by atoms with van der Waals surface area (Å²) in [5.41, 5.74) is 1.24. The highest BCUT2D eigenvalue weighted by molar-refractivity contribution is 5.74. The van der Waals surface area contributed by atoms with Gasteiger partial charge >= 0.3 is 0 Å². The van der Waals surface area contributed by atoms with E-state index < -0.39 is 0 Å². The lowest BCUT2D eigenvalue weighted by Crippen LogP contribution is -2.29. The van der Waals surface area contributed by atoms with Crippen LogP contribution in [0.5, 0.6) is 0 Å². The second kappa shape index (κ2) is 5.98. The van der Waals surface area contributed by atoms with Crippen molar-refractivity contribution in [2.45, 2.75) is 52.2 Å². The number of rotatable bonds is 5. The van der Waals surface area contributed by atoms with Gasteiger partial charge in [0, 0.05) is 0 Å². The smallest absolute Gasteiger partial charge is 0.157 e. The maximum absolute atomic E-state index is 11.2. The minimum Gasteiger partial charge on any atom is -0.350 e. The quantitative estimate of drug-likeness (QED) is 0.705. The summed E-state index contributed by atoms with van der Waals surface area (Å²) >= 11 is 0. The fourth-order valence-electron chi connectivity index (χ4n) is 3.13. The molecule has 0 saturated carbocycles. The van der Waals surface area contributed by atoms with Gasteiger partial charge in [-0.05, 0) is 49.0 Å². The van der Waals surface area contributed by atoms with Crippen LogP contribution in [0.1, 0.15) is 46.0 Å². The highest BCUT2D eigenvalue weighted by atomic mass is 16.7. The molecule has 102 valence electrons. The van der Waals surface area contributed by atoms with E-state index >= 15 is 0 Å². The van der Waals surface area contributed by atoms with E-state index in [1.807, 2.05) is 0 Å². The molecule has 3 nitrogen and oxygen atoms in total. The van der Waals surface area contributed by atoms with E-state index in [-0.39, 0.29) is 11.7 Å². The van der Waals surface area contributed by atoms with Crippen LogP contribution >= 0.6 is 0 Å². The monoisotopic (exact) mass is 252 g/mol. The van der Waals surface area contributed by atoms with Gasteiger partial charge in [-0.3, -0.25) is 4.79 Å². The molecule has 0 amide bonds. The summed E-state index contributed by atoms with van der Waals surface area (Å²) in [4.78, 5) is 11.2. The van der Waals surface area contributed by atoms with Crippen LogP contribution in [0.4, 0.5) is 0 Å². The molecule has 0 aromatic carbocycles. The van der Waals surface area contributed by atoms with Crippen LogP contribution in [0.15, 0.2) is 11.6 Å². The molecule has 3 heteroatoms. The number of carbonyl (C=O) groups excluding carboxylic acids is 1. The molecule has 0 aromatic rings. The lowest BCUT2D eigenvalue weighted by Gasteiger charge is -2.38. The Morgan fingerprint density at radius 2 is 2.06 bits per heavy atom. The molecule has 18 heavy (non-hydrogen) atoms. The molecule has 1 aliphatic heterocycles. The molecular formula is C15H24O3. The lowest BCUT2D eigenvalue weighted by molar-refractivity contribution is -0.106. The first-order chi connectivity index (χ1) is 8.63. The molecule has 1 aliphatic carbocycles. The zero-order valence-electron chi connectivity index (χ0n) is 11.5. The zero-order valence-corrected chi connectivity index (χ0v) is 11.5. The van der Waals surface area contributed by atoms with Gasteiger partial charge in [-0.15, -0.1) is 0 Å². The van der Waals surface area contributed by atoms with Gasteiger partial charge < -0.3 is 9.47 Å².